The fourth-order valence-electron chi connectivity index (χ4n) is 6.37. The number of amides is 2. The lowest BCUT2D eigenvalue weighted by atomic mass is 9.71. The van der Waals surface area contributed by atoms with Crippen molar-refractivity contribution in [1.82, 2.24) is 4.90 Å². The number of nitrogens with zero attached hydrogens (tertiary/aromatic N) is 2. The molecule has 3 unspecified atom stereocenters. The Morgan fingerprint density at radius 3 is 2.60 bits per heavy atom. The number of carbonyl (C=O) groups is 3. The van der Waals surface area contributed by atoms with Gasteiger partial charge in [0.15, 0.2) is 0 Å². The number of anilines is 1. The van der Waals surface area contributed by atoms with Gasteiger partial charge >= 0.3 is 5.97 Å². The first-order chi connectivity index (χ1) is 19.3. The van der Waals surface area contributed by atoms with Crippen molar-refractivity contribution in [3.05, 3.63) is 54.6 Å². The van der Waals surface area contributed by atoms with E-state index in [0.717, 1.165) is 25.7 Å². The van der Waals surface area contributed by atoms with Crippen molar-refractivity contribution in [2.75, 3.05) is 31.2 Å². The van der Waals surface area contributed by atoms with Crippen LogP contribution in [0.5, 0.6) is 0 Å². The van der Waals surface area contributed by atoms with E-state index in [1.807, 2.05) is 6.08 Å². The van der Waals surface area contributed by atoms with Gasteiger partial charge in [-0.15, -0.1) is 24.9 Å². The van der Waals surface area contributed by atoms with Crippen LogP contribution in [0.25, 0.3) is 0 Å². The fraction of sp³-hybridized carbons (Fsp3) is 0.567. The molecule has 0 radical (unpaired) electrons. The normalized spacial score (nSPS) is 28.4. The molecule has 7 nitrogen and oxygen atoms in total. The van der Waals surface area contributed by atoms with Crippen LogP contribution in [-0.2, 0) is 19.1 Å². The van der Waals surface area contributed by atoms with Gasteiger partial charge in [0.1, 0.15) is 6.04 Å². The van der Waals surface area contributed by atoms with Crippen LogP contribution in [0.2, 0.25) is 5.02 Å². The second-order valence-corrected chi connectivity index (χ2v) is 13.8. The topological polar surface area (TPSA) is 87.2 Å². The molecule has 1 aromatic carbocycles. The Morgan fingerprint density at radius 2 is 1.93 bits per heavy atom. The van der Waals surface area contributed by atoms with E-state index in [-0.39, 0.29) is 41.0 Å². The second kappa shape index (κ2) is 13.9. The number of halogens is 2. The Hall–Kier alpha value is -1.81. The molecule has 3 fully saturated rings. The third-order valence-corrected chi connectivity index (χ3v) is 11.6. The molecule has 4 rings (SSSR count). The number of aliphatic hydroxyl groups excluding tert-OH is 1. The number of likely N-dealkylation sites (tertiary alicyclic amines) is 1. The first-order valence-corrected chi connectivity index (χ1v) is 16.2. The van der Waals surface area contributed by atoms with Gasteiger partial charge in [-0.2, -0.15) is 0 Å². The van der Waals surface area contributed by atoms with Crippen LogP contribution in [0.1, 0.15) is 44.9 Å². The largest absolute Gasteiger partial charge is 0.465 e. The van der Waals surface area contributed by atoms with Gasteiger partial charge < -0.3 is 19.6 Å². The van der Waals surface area contributed by atoms with Crippen LogP contribution in [0.15, 0.2) is 49.6 Å². The van der Waals surface area contributed by atoms with Gasteiger partial charge in [-0.05, 0) is 69.2 Å². The molecule has 6 atom stereocenters. The predicted octanol–water partition coefficient (Wildman–Crippen LogP) is 5.39. The third kappa shape index (κ3) is 6.03. The van der Waals surface area contributed by atoms with Gasteiger partial charge in [0, 0.05) is 40.5 Å². The SMILES string of the molecule is C=CCCCCOC(=O)[C@H]1[C@@H]2SC3(CC2Br)C(C(=O)N(CC=C)c2ccc(Cl)cc2)N(CCCCCO)C(=O)[C@H]13. The number of unbranched alkanes of at least 4 members (excludes halogenated alkanes) is 4. The second-order valence-electron chi connectivity index (χ2n) is 10.6. The molecule has 1 spiro atoms. The highest BCUT2D eigenvalue weighted by Gasteiger charge is 2.76. The number of esters is 1. The Bertz CT molecular complexity index is 1100. The Labute approximate surface area is 254 Å². The van der Waals surface area contributed by atoms with Crippen molar-refractivity contribution in [3.8, 4) is 0 Å². The van der Waals surface area contributed by atoms with Crippen LogP contribution in [0.3, 0.4) is 0 Å². The number of alkyl halides is 1. The molecule has 2 amide bonds. The van der Waals surface area contributed by atoms with Crippen LogP contribution < -0.4 is 4.90 Å². The van der Waals surface area contributed by atoms with Crippen LogP contribution in [0, 0.1) is 11.8 Å². The summed E-state index contributed by atoms with van der Waals surface area (Å²) in [6, 6.07) is 6.31. The van der Waals surface area contributed by atoms with Crippen LogP contribution >= 0.6 is 39.3 Å². The molecular weight excluding hydrogens is 616 g/mol. The summed E-state index contributed by atoms with van der Waals surface area (Å²) >= 11 is 11.5. The van der Waals surface area contributed by atoms with E-state index in [2.05, 4.69) is 29.1 Å². The van der Waals surface area contributed by atoms with E-state index < -0.39 is 22.6 Å². The number of benzene rings is 1. The summed E-state index contributed by atoms with van der Waals surface area (Å²) in [7, 11) is 0. The molecule has 3 heterocycles. The van der Waals surface area contributed by atoms with Crippen LogP contribution in [0.4, 0.5) is 5.69 Å². The summed E-state index contributed by atoms with van der Waals surface area (Å²) in [6.07, 6.45) is 8.62. The summed E-state index contributed by atoms with van der Waals surface area (Å²) in [5.74, 6) is -1.93. The smallest absolute Gasteiger partial charge is 0.310 e. The van der Waals surface area contributed by atoms with Gasteiger partial charge in [0.2, 0.25) is 5.91 Å². The molecule has 0 saturated carbocycles. The maximum atomic E-state index is 14.5. The zero-order chi connectivity index (χ0) is 28.9. The molecule has 0 aliphatic carbocycles. The van der Waals surface area contributed by atoms with Crippen molar-refractivity contribution >= 4 is 62.8 Å². The van der Waals surface area contributed by atoms with Crippen molar-refractivity contribution < 1.29 is 24.2 Å². The molecule has 0 aromatic heterocycles. The van der Waals surface area contributed by atoms with E-state index in [4.69, 9.17) is 16.3 Å². The minimum atomic E-state index is -0.748. The molecule has 3 saturated heterocycles. The van der Waals surface area contributed by atoms with Crippen molar-refractivity contribution in [2.45, 2.75) is 65.8 Å². The lowest BCUT2D eigenvalue weighted by Crippen LogP contribution is -2.55. The van der Waals surface area contributed by atoms with Crippen molar-refractivity contribution in [2.24, 2.45) is 11.8 Å². The summed E-state index contributed by atoms with van der Waals surface area (Å²) in [6.45, 7) is 8.63. The number of thioether (sulfide) groups is 1. The summed E-state index contributed by atoms with van der Waals surface area (Å²) in [4.78, 5) is 45.5. The number of carbonyl (C=O) groups excluding carboxylic acids is 3. The van der Waals surface area contributed by atoms with Gasteiger partial charge in [0.05, 0.1) is 23.2 Å². The number of rotatable bonds is 15. The Balaban J connectivity index is 1.67. The molecular formula is C30H38BrClN2O5S. The monoisotopic (exact) mass is 652 g/mol. The first-order valence-electron chi connectivity index (χ1n) is 14.0. The molecule has 2 bridgehead atoms. The standard InChI is InChI=1S/C30H38BrClN2O5S/c1-3-5-6-10-18-39-29(38)23-24-27(36)34(16-8-7-9-17-35)26(30(24)19-22(31)25(23)40-30)28(37)33(15-4-2)21-13-11-20(32)12-14-21/h3-4,11-14,22-26,35H,1-2,5-10,15-19H2/t22?,23-,24+,25-,26?,30?/m1/s1. The molecule has 10 heteroatoms. The number of aliphatic hydroxyl groups is 1. The van der Waals surface area contributed by atoms with E-state index in [0.29, 0.717) is 43.1 Å². The average Bonchev–Trinajstić information content (AvgIpc) is 3.53. The van der Waals surface area contributed by atoms with Gasteiger partial charge in [-0.1, -0.05) is 39.7 Å². The highest BCUT2D eigenvalue weighted by molar-refractivity contribution is 9.09. The minimum Gasteiger partial charge on any atom is -0.465 e. The highest BCUT2D eigenvalue weighted by atomic mass is 79.9. The number of allylic oxidation sites excluding steroid dienone is 1. The first kappa shape index (κ1) is 31.1. The zero-order valence-electron chi connectivity index (χ0n) is 22.7. The predicted molar refractivity (Wildman–Crippen MR) is 164 cm³/mol. The van der Waals surface area contributed by atoms with Gasteiger partial charge in [-0.25, -0.2) is 0 Å². The molecule has 218 valence electrons. The molecule has 3 aliphatic rings. The number of fused-ring (bicyclic) bond motifs is 1. The number of hydrogen-bond donors (Lipinski definition) is 1. The van der Waals surface area contributed by atoms with E-state index >= 15 is 0 Å². The van der Waals surface area contributed by atoms with E-state index in [1.165, 1.54) is 0 Å². The molecule has 3 aliphatic heterocycles. The summed E-state index contributed by atoms with van der Waals surface area (Å²) < 4.78 is 4.96. The minimum absolute atomic E-state index is 0.0205. The number of hydrogen-bond acceptors (Lipinski definition) is 6. The maximum Gasteiger partial charge on any atom is 0.310 e. The average molecular weight is 654 g/mol. The molecule has 40 heavy (non-hydrogen) atoms. The quantitative estimate of drug-likeness (QED) is 0.118. The lowest BCUT2D eigenvalue weighted by Gasteiger charge is -2.37. The van der Waals surface area contributed by atoms with Gasteiger partial charge in [0.25, 0.3) is 5.91 Å². The lowest BCUT2D eigenvalue weighted by molar-refractivity contribution is -0.154. The summed E-state index contributed by atoms with van der Waals surface area (Å²) in [5.41, 5.74) is 0.672. The number of ether oxygens (including phenoxy) is 1. The molecule has 1 N–H and O–H groups in total. The highest BCUT2D eigenvalue weighted by Crippen LogP contribution is 2.68. The van der Waals surface area contributed by atoms with Gasteiger partial charge in [-0.3, -0.25) is 14.4 Å². The van der Waals surface area contributed by atoms with Crippen LogP contribution in [-0.4, -0.2) is 75.0 Å². The maximum absolute atomic E-state index is 14.5. The Morgan fingerprint density at radius 1 is 1.18 bits per heavy atom. The Kier molecular flexibility index (Phi) is 10.8. The molecule has 1 aromatic rings. The van der Waals surface area contributed by atoms with Crippen molar-refractivity contribution in [1.29, 1.82) is 0 Å². The summed E-state index contributed by atoms with van der Waals surface area (Å²) in [5, 5.41) is 9.68. The fourth-order valence-corrected chi connectivity index (χ4v) is 10.1. The third-order valence-electron chi connectivity index (χ3n) is 8.12. The van der Waals surface area contributed by atoms with Crippen molar-refractivity contribution in [3.63, 3.8) is 0 Å². The van der Waals surface area contributed by atoms with E-state index in [1.54, 1.807) is 51.9 Å². The van der Waals surface area contributed by atoms with E-state index in [9.17, 15) is 19.5 Å². The zero-order valence-corrected chi connectivity index (χ0v) is 25.8.